The number of halogens is 2. The summed E-state index contributed by atoms with van der Waals surface area (Å²) < 4.78 is 28.1. The monoisotopic (exact) mass is 316 g/mol. The zero-order valence-electron chi connectivity index (χ0n) is 12.7. The van der Waals surface area contributed by atoms with Crippen molar-refractivity contribution in [2.75, 3.05) is 0 Å². The third-order valence-electron chi connectivity index (χ3n) is 4.06. The van der Waals surface area contributed by atoms with Gasteiger partial charge in [-0.3, -0.25) is 14.4 Å². The van der Waals surface area contributed by atoms with E-state index in [-0.39, 0.29) is 11.6 Å². The molecule has 1 fully saturated rings. The van der Waals surface area contributed by atoms with E-state index in [0.29, 0.717) is 5.49 Å². The minimum absolute atomic E-state index is 0.0289. The summed E-state index contributed by atoms with van der Waals surface area (Å²) in [4.78, 5) is 17.2. The molecule has 3 rings (SSSR count). The van der Waals surface area contributed by atoms with Crippen LogP contribution in [0.4, 0.5) is 8.78 Å². The van der Waals surface area contributed by atoms with E-state index >= 15 is 0 Å². The lowest BCUT2D eigenvalue weighted by molar-refractivity contribution is 0.0953. The SMILES string of the molecule is O=C(c1cc(F)cc(F)c1)n1ccccc1=NC1CCCCC1. The molecule has 1 aromatic carbocycles. The highest BCUT2D eigenvalue weighted by molar-refractivity contribution is 5.95. The predicted octanol–water partition coefficient (Wildman–Crippen LogP) is 3.69. The summed E-state index contributed by atoms with van der Waals surface area (Å²) in [6.45, 7) is 0. The van der Waals surface area contributed by atoms with Gasteiger partial charge in [0.2, 0.25) is 0 Å². The summed E-state index contributed by atoms with van der Waals surface area (Å²) in [6, 6.07) is 8.29. The van der Waals surface area contributed by atoms with E-state index in [1.807, 2.05) is 0 Å². The minimum Gasteiger partial charge on any atom is -0.268 e. The van der Waals surface area contributed by atoms with Gasteiger partial charge in [0, 0.05) is 17.8 Å². The summed E-state index contributed by atoms with van der Waals surface area (Å²) in [5.74, 6) is -2.02. The first-order valence-electron chi connectivity index (χ1n) is 7.86. The van der Waals surface area contributed by atoms with Crippen molar-refractivity contribution in [3.63, 3.8) is 0 Å². The Balaban J connectivity index is 1.99. The number of benzene rings is 1. The van der Waals surface area contributed by atoms with Gasteiger partial charge in [-0.25, -0.2) is 8.78 Å². The van der Waals surface area contributed by atoms with Crippen LogP contribution in [-0.4, -0.2) is 16.5 Å². The third-order valence-corrected chi connectivity index (χ3v) is 4.06. The van der Waals surface area contributed by atoms with Crippen molar-refractivity contribution < 1.29 is 13.6 Å². The Hall–Kier alpha value is -2.30. The van der Waals surface area contributed by atoms with Crippen LogP contribution in [0, 0.1) is 11.6 Å². The summed E-state index contributed by atoms with van der Waals surface area (Å²) in [5, 5.41) is 0. The van der Waals surface area contributed by atoms with E-state index in [0.717, 1.165) is 43.9 Å². The molecule has 0 N–H and O–H groups in total. The Morgan fingerprint density at radius 1 is 1.04 bits per heavy atom. The lowest BCUT2D eigenvalue weighted by Crippen LogP contribution is -2.29. The van der Waals surface area contributed by atoms with Crippen LogP contribution in [0.15, 0.2) is 47.6 Å². The zero-order valence-corrected chi connectivity index (χ0v) is 12.7. The number of hydrogen-bond acceptors (Lipinski definition) is 2. The topological polar surface area (TPSA) is 34.4 Å². The minimum atomic E-state index is -0.768. The fourth-order valence-corrected chi connectivity index (χ4v) is 2.92. The van der Waals surface area contributed by atoms with E-state index in [4.69, 9.17) is 0 Å². The molecule has 0 bridgehead atoms. The van der Waals surface area contributed by atoms with Crippen LogP contribution in [0.25, 0.3) is 0 Å². The number of nitrogens with zero attached hydrogens (tertiary/aromatic N) is 2. The smallest absolute Gasteiger partial charge is 0.263 e. The maximum atomic E-state index is 13.4. The van der Waals surface area contributed by atoms with Crippen LogP contribution in [0.5, 0.6) is 0 Å². The molecule has 120 valence electrons. The van der Waals surface area contributed by atoms with Crippen molar-refractivity contribution in [1.29, 1.82) is 0 Å². The van der Waals surface area contributed by atoms with Crippen LogP contribution in [0.2, 0.25) is 0 Å². The second-order valence-electron chi connectivity index (χ2n) is 5.81. The largest absolute Gasteiger partial charge is 0.268 e. The van der Waals surface area contributed by atoms with Crippen LogP contribution < -0.4 is 5.49 Å². The van der Waals surface area contributed by atoms with E-state index in [1.165, 1.54) is 11.0 Å². The van der Waals surface area contributed by atoms with E-state index < -0.39 is 17.5 Å². The van der Waals surface area contributed by atoms with Crippen LogP contribution in [0.1, 0.15) is 42.5 Å². The van der Waals surface area contributed by atoms with Gasteiger partial charge in [-0.2, -0.15) is 0 Å². The van der Waals surface area contributed by atoms with Gasteiger partial charge in [0.05, 0.1) is 6.04 Å². The molecule has 0 unspecified atom stereocenters. The molecule has 0 radical (unpaired) electrons. The molecule has 3 nitrogen and oxygen atoms in total. The van der Waals surface area contributed by atoms with E-state index in [9.17, 15) is 13.6 Å². The van der Waals surface area contributed by atoms with Crippen molar-refractivity contribution in [2.24, 2.45) is 4.99 Å². The maximum Gasteiger partial charge on any atom is 0.263 e. The highest BCUT2D eigenvalue weighted by Crippen LogP contribution is 2.19. The second-order valence-corrected chi connectivity index (χ2v) is 5.81. The van der Waals surface area contributed by atoms with Gasteiger partial charge in [0.1, 0.15) is 17.1 Å². The lowest BCUT2D eigenvalue weighted by atomic mass is 9.96. The van der Waals surface area contributed by atoms with Crippen LogP contribution >= 0.6 is 0 Å². The third kappa shape index (κ3) is 3.73. The van der Waals surface area contributed by atoms with Gasteiger partial charge in [-0.15, -0.1) is 0 Å². The fourth-order valence-electron chi connectivity index (χ4n) is 2.92. The van der Waals surface area contributed by atoms with Crippen molar-refractivity contribution in [3.8, 4) is 0 Å². The Kier molecular flexibility index (Phi) is 4.65. The fraction of sp³-hybridized carbons (Fsp3) is 0.333. The van der Waals surface area contributed by atoms with Crippen molar-refractivity contribution in [1.82, 2.24) is 4.57 Å². The lowest BCUT2D eigenvalue weighted by Gasteiger charge is -2.17. The molecule has 1 aliphatic carbocycles. The Bertz CT molecular complexity index is 756. The van der Waals surface area contributed by atoms with Gasteiger partial charge in [0.25, 0.3) is 5.91 Å². The standard InChI is InChI=1S/C18H18F2N2O/c19-14-10-13(11-15(20)12-14)18(23)22-9-5-4-8-17(22)21-16-6-2-1-3-7-16/h4-5,8-12,16H,1-3,6-7H2. The van der Waals surface area contributed by atoms with E-state index in [1.54, 1.807) is 24.4 Å². The first-order valence-corrected chi connectivity index (χ1v) is 7.86. The molecule has 5 heteroatoms. The maximum absolute atomic E-state index is 13.4. The average molecular weight is 316 g/mol. The van der Waals surface area contributed by atoms with Gasteiger partial charge >= 0.3 is 0 Å². The Labute approximate surface area is 133 Å². The summed E-state index contributed by atoms with van der Waals surface area (Å²) in [7, 11) is 0. The highest BCUT2D eigenvalue weighted by Gasteiger charge is 2.14. The molecule has 2 aromatic rings. The molecule has 1 aliphatic rings. The first kappa shape index (κ1) is 15.6. The summed E-state index contributed by atoms with van der Waals surface area (Å²) in [6.07, 6.45) is 7.11. The molecule has 1 saturated carbocycles. The quantitative estimate of drug-likeness (QED) is 0.832. The number of rotatable bonds is 2. The summed E-state index contributed by atoms with van der Waals surface area (Å²) in [5.41, 5.74) is 0.493. The molecular weight excluding hydrogens is 298 g/mol. The molecule has 1 heterocycles. The predicted molar refractivity (Wildman–Crippen MR) is 83.0 cm³/mol. The number of pyridine rings is 1. The molecular formula is C18H18F2N2O. The average Bonchev–Trinajstić information content (AvgIpc) is 2.55. The van der Waals surface area contributed by atoms with Crippen LogP contribution in [0.3, 0.4) is 0 Å². The molecule has 0 spiro atoms. The van der Waals surface area contributed by atoms with Crippen molar-refractivity contribution >= 4 is 5.91 Å². The first-order chi connectivity index (χ1) is 11.1. The van der Waals surface area contributed by atoms with Gasteiger partial charge in [-0.1, -0.05) is 25.3 Å². The normalized spacial score (nSPS) is 16.5. The Morgan fingerprint density at radius 2 is 1.74 bits per heavy atom. The van der Waals surface area contributed by atoms with Gasteiger partial charge < -0.3 is 0 Å². The molecule has 0 saturated heterocycles. The molecule has 0 aliphatic heterocycles. The molecule has 0 atom stereocenters. The number of carbonyl (C=O) groups excluding carboxylic acids is 1. The molecule has 23 heavy (non-hydrogen) atoms. The van der Waals surface area contributed by atoms with E-state index in [2.05, 4.69) is 4.99 Å². The Morgan fingerprint density at radius 3 is 2.43 bits per heavy atom. The molecule has 0 amide bonds. The van der Waals surface area contributed by atoms with Crippen molar-refractivity contribution in [3.05, 3.63) is 65.3 Å². The highest BCUT2D eigenvalue weighted by atomic mass is 19.1. The number of carbonyl (C=O) groups is 1. The van der Waals surface area contributed by atoms with Gasteiger partial charge in [-0.05, 0) is 37.1 Å². The van der Waals surface area contributed by atoms with Gasteiger partial charge in [0.15, 0.2) is 0 Å². The zero-order chi connectivity index (χ0) is 16.2. The molecule has 1 aromatic heterocycles. The number of hydrogen-bond donors (Lipinski definition) is 0. The van der Waals surface area contributed by atoms with Crippen LogP contribution in [-0.2, 0) is 0 Å². The number of aromatic nitrogens is 1. The summed E-state index contributed by atoms with van der Waals surface area (Å²) >= 11 is 0. The van der Waals surface area contributed by atoms with Crippen molar-refractivity contribution in [2.45, 2.75) is 38.1 Å². The second kappa shape index (κ2) is 6.86.